The highest BCUT2D eigenvalue weighted by Gasteiger charge is 2.07. The third-order valence-corrected chi connectivity index (χ3v) is 3.01. The van der Waals surface area contributed by atoms with Gasteiger partial charge in [0.1, 0.15) is 18.1 Å². The fraction of sp³-hybridized carbons (Fsp3) is 0.353. The first-order valence-electron chi connectivity index (χ1n) is 6.94. The first-order valence-corrected chi connectivity index (χ1v) is 6.94. The van der Waals surface area contributed by atoms with Crippen molar-refractivity contribution in [2.45, 2.75) is 33.6 Å². The number of rotatable bonds is 7. The number of aromatic hydroxyl groups is 1. The van der Waals surface area contributed by atoms with E-state index in [1.54, 1.807) is 6.07 Å². The van der Waals surface area contributed by atoms with Gasteiger partial charge < -0.3 is 15.6 Å². The second-order valence-corrected chi connectivity index (χ2v) is 5.22. The fourth-order valence-corrected chi connectivity index (χ4v) is 1.78. The second-order valence-electron chi connectivity index (χ2n) is 5.22. The average Bonchev–Trinajstić information content (AvgIpc) is 2.37. The lowest BCUT2D eigenvalue weighted by Gasteiger charge is -2.06. The largest absolute Gasteiger partial charge is 0.507 e. The zero-order valence-corrected chi connectivity index (χ0v) is 12.8. The van der Waals surface area contributed by atoms with Crippen molar-refractivity contribution in [2.24, 2.45) is 5.73 Å². The molecule has 21 heavy (non-hydrogen) atoms. The van der Waals surface area contributed by atoms with E-state index in [0.29, 0.717) is 12.4 Å². The molecule has 0 spiro atoms. The van der Waals surface area contributed by atoms with Gasteiger partial charge in [-0.25, -0.2) is 0 Å². The molecule has 114 valence electrons. The van der Waals surface area contributed by atoms with E-state index in [1.807, 2.05) is 6.08 Å². The molecule has 1 aromatic carbocycles. The smallest absolute Gasteiger partial charge is 0.252 e. The van der Waals surface area contributed by atoms with Crippen LogP contribution in [0.4, 0.5) is 0 Å². The van der Waals surface area contributed by atoms with Crippen LogP contribution in [0.3, 0.4) is 0 Å². The maximum Gasteiger partial charge on any atom is 0.252 e. The zero-order chi connectivity index (χ0) is 15.8. The van der Waals surface area contributed by atoms with Crippen LogP contribution in [0.5, 0.6) is 11.5 Å². The molecule has 3 N–H and O–H groups in total. The molecule has 4 heteroatoms. The van der Waals surface area contributed by atoms with E-state index in [2.05, 4.69) is 26.8 Å². The average molecular weight is 289 g/mol. The quantitative estimate of drug-likeness (QED) is 0.754. The first kappa shape index (κ1) is 16.8. The number of phenols is 1. The number of ether oxygens (including phenoxy) is 1. The van der Waals surface area contributed by atoms with E-state index in [9.17, 15) is 9.90 Å². The summed E-state index contributed by atoms with van der Waals surface area (Å²) in [5, 5.41) is 9.64. The Balaban J connectivity index is 2.50. The van der Waals surface area contributed by atoms with Crippen LogP contribution in [0.2, 0.25) is 0 Å². The minimum atomic E-state index is -0.658. The SMILES string of the molecule is CC(C)=CCC/C(C)=C/COc1ccc(C(N)=O)c(O)c1. The molecule has 1 aromatic rings. The van der Waals surface area contributed by atoms with Crippen LogP contribution in [0, 0.1) is 0 Å². The molecule has 0 atom stereocenters. The van der Waals surface area contributed by atoms with Crippen molar-refractivity contribution >= 4 is 5.91 Å². The van der Waals surface area contributed by atoms with Gasteiger partial charge in [0, 0.05) is 6.07 Å². The van der Waals surface area contributed by atoms with Crippen LogP contribution in [0.25, 0.3) is 0 Å². The van der Waals surface area contributed by atoms with Crippen molar-refractivity contribution in [1.29, 1.82) is 0 Å². The number of benzene rings is 1. The molecule has 0 heterocycles. The van der Waals surface area contributed by atoms with Crippen LogP contribution in [-0.4, -0.2) is 17.6 Å². The highest BCUT2D eigenvalue weighted by Crippen LogP contribution is 2.23. The highest BCUT2D eigenvalue weighted by atomic mass is 16.5. The molecule has 0 aliphatic carbocycles. The maximum atomic E-state index is 11.0. The predicted octanol–water partition coefficient (Wildman–Crippen LogP) is 3.56. The number of nitrogens with two attached hydrogens (primary N) is 1. The van der Waals surface area contributed by atoms with Gasteiger partial charge in [-0.3, -0.25) is 4.79 Å². The summed E-state index contributed by atoms with van der Waals surface area (Å²) >= 11 is 0. The summed E-state index contributed by atoms with van der Waals surface area (Å²) in [4.78, 5) is 11.0. The standard InChI is InChI=1S/C17H23NO3/c1-12(2)5-4-6-13(3)9-10-21-14-7-8-15(17(18)20)16(19)11-14/h5,7-9,11,19H,4,6,10H2,1-3H3,(H2,18,20)/b13-9+. The summed E-state index contributed by atoms with van der Waals surface area (Å²) in [7, 11) is 0. The molecule has 0 bridgehead atoms. The van der Waals surface area contributed by atoms with Crippen LogP contribution >= 0.6 is 0 Å². The van der Waals surface area contributed by atoms with E-state index >= 15 is 0 Å². The van der Waals surface area contributed by atoms with Gasteiger partial charge in [0.2, 0.25) is 0 Å². The van der Waals surface area contributed by atoms with Crippen LogP contribution in [-0.2, 0) is 0 Å². The number of hydrogen-bond donors (Lipinski definition) is 2. The normalized spacial score (nSPS) is 11.1. The van der Waals surface area contributed by atoms with Crippen LogP contribution in [0.1, 0.15) is 44.0 Å². The van der Waals surface area contributed by atoms with E-state index in [1.165, 1.54) is 23.3 Å². The number of hydrogen-bond acceptors (Lipinski definition) is 3. The van der Waals surface area contributed by atoms with Gasteiger partial charge in [-0.1, -0.05) is 17.2 Å². The molecule has 0 aliphatic heterocycles. The number of carbonyl (C=O) groups excluding carboxylic acids is 1. The van der Waals surface area contributed by atoms with E-state index in [0.717, 1.165) is 12.8 Å². The van der Waals surface area contributed by atoms with Crippen molar-refractivity contribution in [3.8, 4) is 11.5 Å². The topological polar surface area (TPSA) is 72.5 Å². The summed E-state index contributed by atoms with van der Waals surface area (Å²) in [5.41, 5.74) is 7.79. The lowest BCUT2D eigenvalue weighted by atomic mass is 10.1. The van der Waals surface area contributed by atoms with Crippen molar-refractivity contribution in [3.05, 3.63) is 47.1 Å². The molecule has 0 unspecified atom stereocenters. The van der Waals surface area contributed by atoms with Crippen LogP contribution < -0.4 is 10.5 Å². The predicted molar refractivity (Wildman–Crippen MR) is 84.5 cm³/mol. The molecule has 0 radical (unpaired) electrons. The lowest BCUT2D eigenvalue weighted by molar-refractivity contribution is 0.0997. The Bertz CT molecular complexity index is 555. The summed E-state index contributed by atoms with van der Waals surface area (Å²) in [6.45, 7) is 6.67. The monoisotopic (exact) mass is 289 g/mol. The molecule has 0 saturated carbocycles. The first-order chi connectivity index (χ1) is 9.90. The van der Waals surface area contributed by atoms with Crippen LogP contribution in [0.15, 0.2) is 41.5 Å². The van der Waals surface area contributed by atoms with E-state index in [4.69, 9.17) is 10.5 Å². The molecular formula is C17H23NO3. The number of amides is 1. The molecule has 1 rings (SSSR count). The van der Waals surface area contributed by atoms with Gasteiger partial charge in [0.15, 0.2) is 0 Å². The Hall–Kier alpha value is -2.23. The summed E-state index contributed by atoms with van der Waals surface area (Å²) in [5.74, 6) is -0.316. The molecule has 0 aromatic heterocycles. The Labute approximate surface area is 125 Å². The molecule has 0 fully saturated rings. The number of carbonyl (C=O) groups is 1. The lowest BCUT2D eigenvalue weighted by Crippen LogP contribution is -2.11. The zero-order valence-electron chi connectivity index (χ0n) is 12.8. The summed E-state index contributed by atoms with van der Waals surface area (Å²) in [6, 6.07) is 4.47. The fourth-order valence-electron chi connectivity index (χ4n) is 1.78. The van der Waals surface area contributed by atoms with Gasteiger partial charge in [-0.15, -0.1) is 0 Å². The Morgan fingerprint density at radius 2 is 2.00 bits per heavy atom. The molecule has 0 saturated heterocycles. The van der Waals surface area contributed by atoms with E-state index < -0.39 is 5.91 Å². The number of primary amides is 1. The number of allylic oxidation sites excluding steroid dienone is 3. The molecule has 1 amide bonds. The summed E-state index contributed by atoms with van der Waals surface area (Å²) in [6.07, 6.45) is 6.25. The van der Waals surface area contributed by atoms with Gasteiger partial charge in [-0.2, -0.15) is 0 Å². The molecule has 0 aliphatic rings. The Kier molecular flexibility index (Phi) is 6.53. The summed E-state index contributed by atoms with van der Waals surface area (Å²) < 4.78 is 5.52. The minimum Gasteiger partial charge on any atom is -0.507 e. The third kappa shape index (κ3) is 6.17. The molecule has 4 nitrogen and oxygen atoms in total. The van der Waals surface area contributed by atoms with Gasteiger partial charge in [0.25, 0.3) is 5.91 Å². The minimum absolute atomic E-state index is 0.0933. The van der Waals surface area contributed by atoms with E-state index in [-0.39, 0.29) is 11.3 Å². The van der Waals surface area contributed by atoms with Crippen molar-refractivity contribution in [2.75, 3.05) is 6.61 Å². The third-order valence-electron chi connectivity index (χ3n) is 3.01. The van der Waals surface area contributed by atoms with Crippen molar-refractivity contribution in [1.82, 2.24) is 0 Å². The van der Waals surface area contributed by atoms with Gasteiger partial charge >= 0.3 is 0 Å². The Morgan fingerprint density at radius 3 is 2.57 bits per heavy atom. The Morgan fingerprint density at radius 1 is 1.29 bits per heavy atom. The van der Waals surface area contributed by atoms with Gasteiger partial charge in [-0.05, 0) is 51.8 Å². The van der Waals surface area contributed by atoms with Crippen molar-refractivity contribution in [3.63, 3.8) is 0 Å². The second kappa shape index (κ2) is 8.15. The highest BCUT2D eigenvalue weighted by molar-refractivity contribution is 5.95. The van der Waals surface area contributed by atoms with Crippen molar-refractivity contribution < 1.29 is 14.6 Å². The molecular weight excluding hydrogens is 266 g/mol. The van der Waals surface area contributed by atoms with Gasteiger partial charge in [0.05, 0.1) is 5.56 Å². The maximum absolute atomic E-state index is 11.0.